The number of nitrogens with one attached hydrogen (secondary N) is 1. The smallest absolute Gasteiger partial charge is 0.317 e. The first-order chi connectivity index (χ1) is 15.5. The Labute approximate surface area is 192 Å². The topological polar surface area (TPSA) is 72.9 Å². The summed E-state index contributed by atoms with van der Waals surface area (Å²) in [7, 11) is 1.92. The lowest BCUT2D eigenvalue weighted by Crippen LogP contribution is -2.59. The average molecular weight is 458 g/mol. The standard InChI is InChI=1S/C25H29F2N3O3/c1-24(2,33)19-12-16(4-6-20(19)27)15-28-23(32)30-10-8-25(9-11-30)14-22(31)18-13-17(26)5-7-21(18)29(25)3/h4-7,12-13,33H,8-11,14-15H2,1-3H3,(H,28,32). The highest BCUT2D eigenvalue weighted by Crippen LogP contribution is 2.42. The van der Waals surface area contributed by atoms with Crippen molar-refractivity contribution in [3.05, 3.63) is 64.7 Å². The van der Waals surface area contributed by atoms with Gasteiger partial charge in [0.15, 0.2) is 5.78 Å². The van der Waals surface area contributed by atoms with E-state index in [2.05, 4.69) is 10.2 Å². The van der Waals surface area contributed by atoms with Crippen LogP contribution in [0.15, 0.2) is 36.4 Å². The summed E-state index contributed by atoms with van der Waals surface area (Å²) in [5, 5.41) is 13.0. The number of fused-ring (bicyclic) bond motifs is 1. The van der Waals surface area contributed by atoms with Crippen LogP contribution in [0.2, 0.25) is 0 Å². The Morgan fingerprint density at radius 1 is 1.15 bits per heavy atom. The molecule has 0 aliphatic carbocycles. The first kappa shape index (κ1) is 23.2. The molecule has 0 unspecified atom stereocenters. The molecule has 2 heterocycles. The molecule has 0 saturated carbocycles. The van der Waals surface area contributed by atoms with Crippen molar-refractivity contribution in [2.24, 2.45) is 0 Å². The zero-order valence-electron chi connectivity index (χ0n) is 19.1. The fraction of sp³-hybridized carbons (Fsp3) is 0.440. The maximum Gasteiger partial charge on any atom is 0.317 e. The zero-order valence-corrected chi connectivity index (χ0v) is 19.1. The molecule has 1 fully saturated rings. The molecular weight excluding hydrogens is 428 g/mol. The Hall–Kier alpha value is -3.00. The molecule has 2 aromatic rings. The van der Waals surface area contributed by atoms with Gasteiger partial charge in [-0.2, -0.15) is 0 Å². The number of piperidine rings is 1. The maximum absolute atomic E-state index is 14.0. The summed E-state index contributed by atoms with van der Waals surface area (Å²) in [6, 6.07) is 8.51. The van der Waals surface area contributed by atoms with E-state index in [1.165, 1.54) is 32.0 Å². The molecule has 2 N–H and O–H groups in total. The highest BCUT2D eigenvalue weighted by atomic mass is 19.1. The third-order valence-electron chi connectivity index (χ3n) is 6.94. The number of Topliss-reactive ketones (excluding diaryl/α,β-unsaturated/α-hetero) is 1. The summed E-state index contributed by atoms with van der Waals surface area (Å²) in [5.74, 6) is -0.984. The van der Waals surface area contributed by atoms with Crippen LogP contribution >= 0.6 is 0 Å². The number of hydrogen-bond acceptors (Lipinski definition) is 4. The second-order valence-electron chi connectivity index (χ2n) is 9.56. The number of ketones is 1. The van der Waals surface area contributed by atoms with Crippen LogP contribution in [-0.4, -0.2) is 47.5 Å². The van der Waals surface area contributed by atoms with Gasteiger partial charge in [0.25, 0.3) is 0 Å². The third-order valence-corrected chi connectivity index (χ3v) is 6.94. The SMILES string of the molecule is CN1c2ccc(F)cc2C(=O)CC12CCN(C(=O)NCc1ccc(F)c(C(C)(C)O)c1)CC2. The van der Waals surface area contributed by atoms with E-state index in [1.54, 1.807) is 23.1 Å². The van der Waals surface area contributed by atoms with E-state index in [1.807, 2.05) is 7.05 Å². The second-order valence-corrected chi connectivity index (χ2v) is 9.56. The number of nitrogens with zero attached hydrogens (tertiary/aromatic N) is 2. The number of amides is 2. The number of hydrogen-bond donors (Lipinski definition) is 2. The zero-order chi connectivity index (χ0) is 24.0. The second kappa shape index (κ2) is 8.41. The number of aliphatic hydroxyl groups is 1. The van der Waals surface area contributed by atoms with Crippen molar-refractivity contribution in [1.29, 1.82) is 0 Å². The van der Waals surface area contributed by atoms with Crippen LogP contribution in [0.5, 0.6) is 0 Å². The molecule has 176 valence electrons. The van der Waals surface area contributed by atoms with Crippen molar-refractivity contribution in [2.75, 3.05) is 25.0 Å². The molecule has 2 amide bonds. The van der Waals surface area contributed by atoms with Crippen molar-refractivity contribution in [3.63, 3.8) is 0 Å². The van der Waals surface area contributed by atoms with Gasteiger partial charge in [-0.05, 0) is 62.6 Å². The Morgan fingerprint density at radius 3 is 2.52 bits per heavy atom. The molecule has 2 aliphatic heterocycles. The Kier molecular flexibility index (Phi) is 5.90. The van der Waals surface area contributed by atoms with Crippen LogP contribution in [-0.2, 0) is 12.1 Å². The van der Waals surface area contributed by atoms with Crippen LogP contribution in [0.1, 0.15) is 54.6 Å². The molecule has 6 nitrogen and oxygen atoms in total. The van der Waals surface area contributed by atoms with Gasteiger partial charge in [0.1, 0.15) is 11.6 Å². The van der Waals surface area contributed by atoms with Crippen LogP contribution in [0.3, 0.4) is 0 Å². The van der Waals surface area contributed by atoms with Crippen molar-refractivity contribution < 1.29 is 23.5 Å². The molecule has 2 aromatic carbocycles. The molecule has 33 heavy (non-hydrogen) atoms. The van der Waals surface area contributed by atoms with Gasteiger partial charge in [-0.25, -0.2) is 13.6 Å². The van der Waals surface area contributed by atoms with Crippen LogP contribution in [0.25, 0.3) is 0 Å². The quantitative estimate of drug-likeness (QED) is 0.732. The van der Waals surface area contributed by atoms with E-state index in [9.17, 15) is 23.5 Å². The van der Waals surface area contributed by atoms with Crippen LogP contribution in [0.4, 0.5) is 19.3 Å². The summed E-state index contributed by atoms with van der Waals surface area (Å²) in [4.78, 5) is 29.2. The number of anilines is 1. The van der Waals surface area contributed by atoms with E-state index < -0.39 is 22.8 Å². The molecule has 1 spiro atoms. The van der Waals surface area contributed by atoms with Crippen molar-refractivity contribution >= 4 is 17.5 Å². The van der Waals surface area contributed by atoms with Gasteiger partial charge in [-0.1, -0.05) is 6.07 Å². The predicted molar refractivity (Wildman–Crippen MR) is 121 cm³/mol. The maximum atomic E-state index is 14.0. The lowest BCUT2D eigenvalue weighted by Gasteiger charge is -2.50. The van der Waals surface area contributed by atoms with E-state index >= 15 is 0 Å². The highest BCUT2D eigenvalue weighted by Gasteiger charge is 2.45. The molecule has 0 aromatic heterocycles. The molecule has 4 rings (SSSR count). The van der Waals surface area contributed by atoms with E-state index in [4.69, 9.17) is 0 Å². The summed E-state index contributed by atoms with van der Waals surface area (Å²) in [6.45, 7) is 4.20. The van der Waals surface area contributed by atoms with Crippen molar-refractivity contribution in [3.8, 4) is 0 Å². The number of benzene rings is 2. The molecule has 0 atom stereocenters. The van der Waals surface area contributed by atoms with Crippen molar-refractivity contribution in [1.82, 2.24) is 10.2 Å². The molecular formula is C25H29F2N3O3. The number of carbonyl (C=O) groups excluding carboxylic acids is 2. The number of halogens is 2. The molecule has 0 radical (unpaired) electrons. The first-order valence-corrected chi connectivity index (χ1v) is 11.1. The lowest BCUT2D eigenvalue weighted by molar-refractivity contribution is 0.0744. The predicted octanol–water partition coefficient (Wildman–Crippen LogP) is 3.96. The number of likely N-dealkylation sites (tertiary alicyclic amines) is 1. The molecule has 8 heteroatoms. The number of urea groups is 1. The van der Waals surface area contributed by atoms with Gasteiger partial charge in [-0.3, -0.25) is 4.79 Å². The number of rotatable bonds is 3. The normalized spacial score (nSPS) is 17.8. The van der Waals surface area contributed by atoms with Crippen LogP contribution in [0, 0.1) is 11.6 Å². The Balaban J connectivity index is 1.39. The summed E-state index contributed by atoms with van der Waals surface area (Å²) < 4.78 is 27.6. The van der Waals surface area contributed by atoms with Gasteiger partial charge >= 0.3 is 6.03 Å². The largest absolute Gasteiger partial charge is 0.386 e. The minimum atomic E-state index is -1.32. The van der Waals surface area contributed by atoms with Gasteiger partial charge < -0.3 is 20.2 Å². The fourth-order valence-corrected chi connectivity index (χ4v) is 4.87. The molecule has 0 bridgehead atoms. The Bertz CT molecular complexity index is 1090. The minimum Gasteiger partial charge on any atom is -0.386 e. The summed E-state index contributed by atoms with van der Waals surface area (Å²) in [5.41, 5.74) is 0.296. The average Bonchev–Trinajstić information content (AvgIpc) is 2.76. The summed E-state index contributed by atoms with van der Waals surface area (Å²) >= 11 is 0. The van der Waals surface area contributed by atoms with Gasteiger partial charge in [0.05, 0.1) is 11.1 Å². The fourth-order valence-electron chi connectivity index (χ4n) is 4.87. The first-order valence-electron chi connectivity index (χ1n) is 11.1. The minimum absolute atomic E-state index is 0.0700. The molecule has 1 saturated heterocycles. The van der Waals surface area contributed by atoms with Gasteiger partial charge in [-0.15, -0.1) is 0 Å². The van der Waals surface area contributed by atoms with Crippen LogP contribution < -0.4 is 10.2 Å². The van der Waals surface area contributed by atoms with Gasteiger partial charge in [0.2, 0.25) is 0 Å². The molecule has 2 aliphatic rings. The lowest BCUT2D eigenvalue weighted by atomic mass is 9.77. The van der Waals surface area contributed by atoms with Gasteiger partial charge in [0, 0.05) is 49.9 Å². The third kappa shape index (κ3) is 4.44. The highest BCUT2D eigenvalue weighted by molar-refractivity contribution is 6.04. The van der Waals surface area contributed by atoms with E-state index in [0.717, 1.165) is 5.69 Å². The summed E-state index contributed by atoms with van der Waals surface area (Å²) in [6.07, 6.45) is 1.54. The van der Waals surface area contributed by atoms with E-state index in [0.29, 0.717) is 43.5 Å². The van der Waals surface area contributed by atoms with Crippen molar-refractivity contribution in [2.45, 2.75) is 50.8 Å². The number of carbonyl (C=O) groups is 2. The monoisotopic (exact) mass is 457 g/mol. The Morgan fingerprint density at radius 2 is 1.85 bits per heavy atom. The van der Waals surface area contributed by atoms with E-state index in [-0.39, 0.29) is 23.9 Å².